The van der Waals surface area contributed by atoms with Crippen molar-refractivity contribution in [1.29, 1.82) is 0 Å². The fourth-order valence-corrected chi connectivity index (χ4v) is 3.79. The smallest absolute Gasteiger partial charge is 0.254 e. The number of hydrogen-bond donors (Lipinski definition) is 1. The number of aromatic nitrogens is 3. The van der Waals surface area contributed by atoms with Crippen molar-refractivity contribution in [2.45, 2.75) is 26.9 Å². The second-order valence-electron chi connectivity index (χ2n) is 7.86. The molecule has 1 fully saturated rings. The summed E-state index contributed by atoms with van der Waals surface area (Å²) in [4.78, 5) is 28.4. The number of aryl methyl sites for hydroxylation is 3. The van der Waals surface area contributed by atoms with E-state index in [4.69, 9.17) is 9.47 Å². The first-order valence-electron chi connectivity index (χ1n) is 10.5. The van der Waals surface area contributed by atoms with Gasteiger partial charge in [-0.25, -0.2) is 9.97 Å². The molecule has 0 spiro atoms. The van der Waals surface area contributed by atoms with E-state index in [1.165, 1.54) is 0 Å². The van der Waals surface area contributed by atoms with Crippen LogP contribution in [0.15, 0.2) is 42.5 Å². The van der Waals surface area contributed by atoms with E-state index in [2.05, 4.69) is 20.3 Å². The Labute approximate surface area is 187 Å². The number of nitrogens with zero attached hydrogens (tertiary/aromatic N) is 4. The predicted molar refractivity (Wildman–Crippen MR) is 121 cm³/mol. The summed E-state index contributed by atoms with van der Waals surface area (Å²) in [7, 11) is 1.59. The van der Waals surface area contributed by atoms with E-state index in [1.807, 2.05) is 51.1 Å². The van der Waals surface area contributed by atoms with Crippen LogP contribution in [0, 0.1) is 20.8 Å². The zero-order valence-electron chi connectivity index (χ0n) is 18.8. The van der Waals surface area contributed by atoms with E-state index in [0.29, 0.717) is 37.0 Å². The lowest BCUT2D eigenvalue weighted by molar-refractivity contribution is -0.0247. The first-order valence-corrected chi connectivity index (χ1v) is 10.5. The Morgan fingerprint density at radius 1 is 1.06 bits per heavy atom. The number of amides is 1. The number of rotatable bonds is 5. The molecule has 1 atom stereocenters. The van der Waals surface area contributed by atoms with Crippen molar-refractivity contribution >= 4 is 17.5 Å². The topological polar surface area (TPSA) is 89.5 Å². The summed E-state index contributed by atoms with van der Waals surface area (Å²) >= 11 is 0. The van der Waals surface area contributed by atoms with Crippen LogP contribution in [0.4, 0.5) is 11.6 Å². The third-order valence-electron chi connectivity index (χ3n) is 5.21. The summed E-state index contributed by atoms with van der Waals surface area (Å²) in [6.45, 7) is 7.20. The summed E-state index contributed by atoms with van der Waals surface area (Å²) in [6.07, 6.45) is -0.320. The van der Waals surface area contributed by atoms with Crippen LogP contribution in [0.2, 0.25) is 0 Å². The van der Waals surface area contributed by atoms with Crippen molar-refractivity contribution in [1.82, 2.24) is 19.9 Å². The fourth-order valence-electron chi connectivity index (χ4n) is 3.79. The van der Waals surface area contributed by atoms with Gasteiger partial charge in [-0.05, 0) is 57.2 Å². The number of pyridine rings is 1. The number of anilines is 2. The Morgan fingerprint density at radius 2 is 1.81 bits per heavy atom. The molecule has 0 bridgehead atoms. The number of carbonyl (C=O) groups is 1. The molecule has 1 saturated heterocycles. The van der Waals surface area contributed by atoms with Crippen molar-refractivity contribution in [2.24, 2.45) is 0 Å². The van der Waals surface area contributed by atoms with E-state index in [0.717, 1.165) is 28.5 Å². The highest BCUT2D eigenvalue weighted by atomic mass is 16.5. The molecule has 8 nitrogen and oxygen atoms in total. The van der Waals surface area contributed by atoms with Crippen molar-refractivity contribution in [3.05, 3.63) is 70.8 Å². The number of nitrogens with one attached hydrogen (secondary N) is 1. The minimum Gasteiger partial charge on any atom is -0.497 e. The van der Waals surface area contributed by atoms with E-state index in [9.17, 15) is 4.79 Å². The van der Waals surface area contributed by atoms with Crippen LogP contribution in [0.25, 0.3) is 0 Å². The van der Waals surface area contributed by atoms with E-state index in [-0.39, 0.29) is 12.0 Å². The number of benzene rings is 1. The van der Waals surface area contributed by atoms with Gasteiger partial charge in [-0.3, -0.25) is 9.78 Å². The minimum absolute atomic E-state index is 0.0492. The highest BCUT2D eigenvalue weighted by Gasteiger charge is 2.27. The molecule has 8 heteroatoms. The van der Waals surface area contributed by atoms with Crippen molar-refractivity contribution in [2.75, 3.05) is 32.1 Å². The maximum atomic E-state index is 13.0. The monoisotopic (exact) mass is 433 g/mol. The first kappa shape index (κ1) is 21.7. The van der Waals surface area contributed by atoms with Gasteiger partial charge in [0.05, 0.1) is 26.0 Å². The number of hydrogen-bond acceptors (Lipinski definition) is 7. The van der Waals surface area contributed by atoms with Crippen LogP contribution in [0.5, 0.6) is 5.75 Å². The van der Waals surface area contributed by atoms with Crippen molar-refractivity contribution in [3.8, 4) is 5.75 Å². The van der Waals surface area contributed by atoms with Gasteiger partial charge < -0.3 is 19.7 Å². The molecular formula is C24H27N5O3. The zero-order valence-corrected chi connectivity index (χ0v) is 18.8. The molecule has 0 aliphatic carbocycles. The molecule has 0 saturated carbocycles. The molecule has 3 heterocycles. The van der Waals surface area contributed by atoms with Gasteiger partial charge >= 0.3 is 0 Å². The lowest BCUT2D eigenvalue weighted by Gasteiger charge is -2.33. The molecule has 1 amide bonds. The van der Waals surface area contributed by atoms with Crippen LogP contribution >= 0.6 is 0 Å². The molecule has 1 aliphatic heterocycles. The van der Waals surface area contributed by atoms with E-state index >= 15 is 0 Å². The maximum Gasteiger partial charge on any atom is 0.254 e. The molecule has 4 rings (SSSR count). The van der Waals surface area contributed by atoms with Gasteiger partial charge in [0, 0.05) is 34.9 Å². The largest absolute Gasteiger partial charge is 0.497 e. The summed E-state index contributed by atoms with van der Waals surface area (Å²) in [6, 6.07) is 13.0. The lowest BCUT2D eigenvalue weighted by Crippen LogP contribution is -2.42. The summed E-state index contributed by atoms with van der Waals surface area (Å²) in [5.74, 6) is 1.15. The second-order valence-corrected chi connectivity index (χ2v) is 7.86. The molecule has 1 aromatic carbocycles. The number of ether oxygens (including phenoxy) is 2. The Balaban J connectivity index is 1.53. The Kier molecular flexibility index (Phi) is 6.32. The lowest BCUT2D eigenvalue weighted by atomic mass is 10.1. The van der Waals surface area contributed by atoms with Gasteiger partial charge in [0.2, 0.25) is 5.95 Å². The van der Waals surface area contributed by atoms with Gasteiger partial charge in [0.15, 0.2) is 0 Å². The average molecular weight is 434 g/mol. The maximum absolute atomic E-state index is 13.0. The van der Waals surface area contributed by atoms with Crippen LogP contribution in [0.3, 0.4) is 0 Å². The van der Waals surface area contributed by atoms with Crippen LogP contribution < -0.4 is 10.1 Å². The molecule has 166 valence electrons. The number of morpholine rings is 1. The van der Waals surface area contributed by atoms with Crippen molar-refractivity contribution < 1.29 is 14.3 Å². The molecule has 1 aliphatic rings. The standard InChI is InChI=1S/C24H27N5O3/c1-15-10-16(2)27-24(26-15)28-19-11-17(3)25-21(13-19)22-14-29(8-9-32-22)23(30)18-6-5-7-20(12-18)31-4/h5-7,10-13,22H,8-9,14H2,1-4H3,(H,25,26,27,28)/t22-/m0/s1. The SMILES string of the molecule is COc1cccc(C(=O)N2CCO[C@H](c3cc(Nc4nc(C)cc(C)n4)cc(C)n3)C2)c1. The average Bonchev–Trinajstić information content (AvgIpc) is 2.77. The number of methoxy groups -OCH3 is 1. The van der Waals surface area contributed by atoms with Gasteiger partial charge in [-0.15, -0.1) is 0 Å². The highest BCUT2D eigenvalue weighted by molar-refractivity contribution is 5.94. The quantitative estimate of drug-likeness (QED) is 0.655. The molecule has 3 aromatic rings. The minimum atomic E-state index is -0.320. The molecule has 1 N–H and O–H groups in total. The van der Waals surface area contributed by atoms with Gasteiger partial charge in [-0.2, -0.15) is 0 Å². The Bertz CT molecular complexity index is 1110. The van der Waals surface area contributed by atoms with Crippen LogP contribution in [-0.4, -0.2) is 52.6 Å². The summed E-state index contributed by atoms with van der Waals surface area (Å²) < 4.78 is 11.2. The van der Waals surface area contributed by atoms with E-state index in [1.54, 1.807) is 24.1 Å². The Morgan fingerprint density at radius 3 is 2.56 bits per heavy atom. The summed E-state index contributed by atoms with van der Waals surface area (Å²) in [5, 5.41) is 3.27. The van der Waals surface area contributed by atoms with E-state index < -0.39 is 0 Å². The summed E-state index contributed by atoms with van der Waals surface area (Å²) in [5.41, 5.74) is 4.82. The first-order chi connectivity index (χ1) is 15.4. The third-order valence-corrected chi connectivity index (χ3v) is 5.21. The van der Waals surface area contributed by atoms with Crippen LogP contribution in [-0.2, 0) is 4.74 Å². The van der Waals surface area contributed by atoms with Gasteiger partial charge in [0.25, 0.3) is 5.91 Å². The van der Waals surface area contributed by atoms with Gasteiger partial charge in [0.1, 0.15) is 11.9 Å². The zero-order chi connectivity index (χ0) is 22.7. The third kappa shape index (κ3) is 5.03. The second kappa shape index (κ2) is 9.32. The number of carbonyl (C=O) groups excluding carboxylic acids is 1. The van der Waals surface area contributed by atoms with Crippen molar-refractivity contribution in [3.63, 3.8) is 0 Å². The Hall–Kier alpha value is -3.52. The highest BCUT2D eigenvalue weighted by Crippen LogP contribution is 2.26. The molecule has 2 aromatic heterocycles. The molecule has 32 heavy (non-hydrogen) atoms. The normalized spacial score (nSPS) is 16.0. The molecular weight excluding hydrogens is 406 g/mol. The fraction of sp³-hybridized carbons (Fsp3) is 0.333. The molecule has 0 radical (unpaired) electrons. The van der Waals surface area contributed by atoms with Crippen LogP contribution in [0.1, 0.15) is 39.2 Å². The predicted octanol–water partition coefficient (Wildman–Crippen LogP) is 3.76. The van der Waals surface area contributed by atoms with Gasteiger partial charge in [-0.1, -0.05) is 6.07 Å². The molecule has 0 unspecified atom stereocenters.